The summed E-state index contributed by atoms with van der Waals surface area (Å²) in [7, 11) is 0. The highest BCUT2D eigenvalue weighted by atomic mass is 35.5. The van der Waals surface area contributed by atoms with Crippen LogP contribution in [0.4, 0.5) is 26.3 Å². The smallest absolute Gasteiger partial charge is 0.416 e. The van der Waals surface area contributed by atoms with E-state index in [1.165, 1.54) is 11.2 Å². The monoisotopic (exact) mass is 551 g/mol. The van der Waals surface area contributed by atoms with E-state index >= 15 is 0 Å². The Morgan fingerprint density at radius 3 is 2.18 bits per heavy atom. The van der Waals surface area contributed by atoms with Crippen molar-refractivity contribution in [2.75, 3.05) is 0 Å². The van der Waals surface area contributed by atoms with E-state index < -0.39 is 29.7 Å². The second-order valence-electron chi connectivity index (χ2n) is 8.36. The molecular formula is C26H16ClF6N3O2. The molecule has 12 heteroatoms. The van der Waals surface area contributed by atoms with E-state index in [9.17, 15) is 26.3 Å². The number of benzene rings is 2. The highest BCUT2D eigenvalue weighted by molar-refractivity contribution is 6.30. The first-order valence-electron chi connectivity index (χ1n) is 11.0. The number of hydrogen-bond acceptors (Lipinski definition) is 5. The van der Waals surface area contributed by atoms with E-state index in [1.807, 2.05) is 0 Å². The number of aromatic nitrogens is 1. The van der Waals surface area contributed by atoms with E-state index in [-0.39, 0.29) is 29.8 Å². The minimum absolute atomic E-state index is 0.0341. The number of oxime groups is 1. The summed E-state index contributed by atoms with van der Waals surface area (Å²) in [6, 6.07) is 13.1. The predicted octanol–water partition coefficient (Wildman–Crippen LogP) is 7.93. The molecule has 0 spiro atoms. The molecule has 3 heterocycles. The van der Waals surface area contributed by atoms with Crippen LogP contribution in [0.2, 0.25) is 5.02 Å². The first kappa shape index (κ1) is 25.7. The number of alkyl halides is 6. The summed E-state index contributed by atoms with van der Waals surface area (Å²) >= 11 is 6.01. The van der Waals surface area contributed by atoms with E-state index in [0.29, 0.717) is 22.7 Å². The highest BCUT2D eigenvalue weighted by Crippen LogP contribution is 2.41. The van der Waals surface area contributed by atoms with Gasteiger partial charge in [0.25, 0.3) is 0 Å². The van der Waals surface area contributed by atoms with Crippen LogP contribution in [0.5, 0.6) is 0 Å². The van der Waals surface area contributed by atoms with Crippen LogP contribution in [-0.2, 0) is 23.7 Å². The summed E-state index contributed by atoms with van der Waals surface area (Å²) in [5.74, 6) is 0.310. The zero-order chi connectivity index (χ0) is 27.1. The summed E-state index contributed by atoms with van der Waals surface area (Å²) in [4.78, 5) is 11.0. The molecule has 5 rings (SSSR count). The zero-order valence-electron chi connectivity index (χ0n) is 19.1. The second kappa shape index (κ2) is 9.71. The molecule has 0 saturated heterocycles. The maximum atomic E-state index is 13.6. The molecule has 5 nitrogen and oxygen atoms in total. The topological polar surface area (TPSA) is 50.9 Å². The van der Waals surface area contributed by atoms with Gasteiger partial charge in [0.15, 0.2) is 5.76 Å². The van der Waals surface area contributed by atoms with Crippen molar-refractivity contribution in [1.82, 2.24) is 9.88 Å². The molecule has 1 atom stereocenters. The molecule has 2 aromatic heterocycles. The molecule has 2 aromatic carbocycles. The van der Waals surface area contributed by atoms with Gasteiger partial charge in [0.05, 0.1) is 23.9 Å². The van der Waals surface area contributed by atoms with Crippen molar-refractivity contribution in [2.45, 2.75) is 25.1 Å². The molecule has 0 bridgehead atoms. The van der Waals surface area contributed by atoms with Gasteiger partial charge in [-0.1, -0.05) is 28.9 Å². The summed E-state index contributed by atoms with van der Waals surface area (Å²) in [6.45, 7) is -0.0341. The predicted molar refractivity (Wildman–Crippen MR) is 126 cm³/mol. The van der Waals surface area contributed by atoms with E-state index in [2.05, 4.69) is 10.1 Å². The second-order valence-corrected chi connectivity index (χ2v) is 8.79. The van der Waals surface area contributed by atoms with E-state index in [4.69, 9.17) is 20.9 Å². The number of nitrogens with zero attached hydrogens (tertiary/aromatic N) is 3. The lowest BCUT2D eigenvalue weighted by Crippen LogP contribution is -2.31. The molecular weight excluding hydrogens is 536 g/mol. The molecule has 196 valence electrons. The quantitative estimate of drug-likeness (QED) is 0.236. The van der Waals surface area contributed by atoms with Crippen LogP contribution in [0.25, 0.3) is 11.1 Å². The molecule has 0 N–H and O–H groups in total. The van der Waals surface area contributed by atoms with Crippen molar-refractivity contribution in [3.63, 3.8) is 0 Å². The van der Waals surface area contributed by atoms with Crippen molar-refractivity contribution < 1.29 is 35.6 Å². The van der Waals surface area contributed by atoms with E-state index in [0.717, 1.165) is 11.1 Å². The summed E-state index contributed by atoms with van der Waals surface area (Å²) in [6.07, 6.45) is -6.98. The lowest BCUT2D eigenvalue weighted by molar-refractivity contribution is -0.143. The average Bonchev–Trinajstić information content (AvgIpc) is 3.54. The van der Waals surface area contributed by atoms with Gasteiger partial charge in [-0.3, -0.25) is 4.98 Å². The van der Waals surface area contributed by atoms with Crippen LogP contribution in [0.15, 0.2) is 88.9 Å². The zero-order valence-corrected chi connectivity index (χ0v) is 19.8. The Hall–Kier alpha value is -3.99. The van der Waals surface area contributed by atoms with Crippen LogP contribution in [0, 0.1) is 0 Å². The summed E-state index contributed by atoms with van der Waals surface area (Å²) < 4.78 is 86.7. The normalized spacial score (nSPS) is 15.9. The molecule has 1 aliphatic heterocycles. The third-order valence-corrected chi connectivity index (χ3v) is 6.08. The van der Waals surface area contributed by atoms with Crippen molar-refractivity contribution >= 4 is 17.4 Å². The van der Waals surface area contributed by atoms with Gasteiger partial charge in [-0.25, -0.2) is 0 Å². The Kier molecular flexibility index (Phi) is 6.56. The maximum absolute atomic E-state index is 13.6. The van der Waals surface area contributed by atoms with Gasteiger partial charge < -0.3 is 14.2 Å². The largest absolute Gasteiger partial charge is 0.461 e. The van der Waals surface area contributed by atoms with Gasteiger partial charge in [0.1, 0.15) is 0 Å². The third-order valence-electron chi connectivity index (χ3n) is 5.83. The van der Waals surface area contributed by atoms with E-state index in [1.54, 1.807) is 54.9 Å². The molecule has 0 aliphatic carbocycles. The van der Waals surface area contributed by atoms with Gasteiger partial charge in [-0.2, -0.15) is 26.3 Å². The van der Waals surface area contributed by atoms with Gasteiger partial charge in [-0.05, 0) is 65.2 Å². The van der Waals surface area contributed by atoms with Crippen LogP contribution in [0.3, 0.4) is 0 Å². The van der Waals surface area contributed by atoms with Gasteiger partial charge in [0.2, 0.25) is 12.1 Å². The average molecular weight is 552 g/mol. The molecule has 38 heavy (non-hydrogen) atoms. The molecule has 0 radical (unpaired) electrons. The Labute approximate surface area is 216 Å². The number of furan rings is 1. The minimum atomic E-state index is -5.02. The third kappa shape index (κ3) is 5.19. The van der Waals surface area contributed by atoms with Crippen molar-refractivity contribution in [2.24, 2.45) is 5.16 Å². The molecule has 4 aromatic rings. The maximum Gasteiger partial charge on any atom is 0.416 e. The Bertz CT molecular complexity index is 1440. The lowest BCUT2D eigenvalue weighted by Gasteiger charge is -2.27. The van der Waals surface area contributed by atoms with Crippen LogP contribution >= 0.6 is 11.6 Å². The van der Waals surface area contributed by atoms with Crippen molar-refractivity contribution in [3.05, 3.63) is 112 Å². The fraction of sp³-hybridized carbons (Fsp3) is 0.154. The van der Waals surface area contributed by atoms with Crippen molar-refractivity contribution in [1.29, 1.82) is 0 Å². The van der Waals surface area contributed by atoms with Crippen LogP contribution < -0.4 is 0 Å². The van der Waals surface area contributed by atoms with Crippen LogP contribution in [0.1, 0.15) is 34.2 Å². The first-order chi connectivity index (χ1) is 18.0. The van der Waals surface area contributed by atoms with Gasteiger partial charge in [-0.15, -0.1) is 0 Å². The first-order valence-corrected chi connectivity index (χ1v) is 11.4. The molecule has 1 unspecified atom stereocenters. The van der Waals surface area contributed by atoms with Crippen LogP contribution in [-0.4, -0.2) is 15.7 Å². The molecule has 0 saturated carbocycles. The standard InChI is InChI=1S/C26H16ClF6N3O2/c27-20-5-3-15(4-6-20)21-7-8-34-13-17(21)14-36-23(22-2-1-9-37-22)35-38-24(36)16-10-18(25(28,29)30)12-19(11-16)26(31,32)33/h1-13,24H,14H2. The molecule has 0 fully saturated rings. The summed E-state index contributed by atoms with van der Waals surface area (Å²) in [5.41, 5.74) is -1.19. The summed E-state index contributed by atoms with van der Waals surface area (Å²) in [5, 5.41) is 4.48. The minimum Gasteiger partial charge on any atom is -0.461 e. The fourth-order valence-electron chi connectivity index (χ4n) is 4.08. The SMILES string of the molecule is FC(F)(F)c1cc(C2ON=C(c3ccco3)N2Cc2cnccc2-c2ccc(Cl)cc2)cc(C(F)(F)F)c1. The fourth-order valence-corrected chi connectivity index (χ4v) is 4.21. The Balaban J connectivity index is 1.60. The van der Waals surface area contributed by atoms with Crippen molar-refractivity contribution in [3.8, 4) is 11.1 Å². The number of amidine groups is 1. The Morgan fingerprint density at radius 2 is 1.58 bits per heavy atom. The number of halogens is 7. The Morgan fingerprint density at radius 1 is 0.895 bits per heavy atom. The highest BCUT2D eigenvalue weighted by Gasteiger charge is 2.41. The number of pyridine rings is 1. The lowest BCUT2D eigenvalue weighted by atomic mass is 10.00. The van der Waals surface area contributed by atoms with Gasteiger partial charge >= 0.3 is 12.4 Å². The molecule has 0 amide bonds. The van der Waals surface area contributed by atoms with Gasteiger partial charge in [0, 0.05) is 23.0 Å². The number of hydrogen-bond donors (Lipinski definition) is 0. The number of rotatable bonds is 5. The molecule has 1 aliphatic rings.